The van der Waals surface area contributed by atoms with Gasteiger partial charge in [0.1, 0.15) is 11.4 Å². The fourth-order valence-electron chi connectivity index (χ4n) is 2.35. The molecule has 0 aliphatic heterocycles. The summed E-state index contributed by atoms with van der Waals surface area (Å²) < 4.78 is 6.93. The van der Waals surface area contributed by atoms with Crippen molar-refractivity contribution in [3.63, 3.8) is 0 Å². The number of pyridine rings is 1. The van der Waals surface area contributed by atoms with E-state index in [0.29, 0.717) is 28.5 Å². The Kier molecular flexibility index (Phi) is 3.42. The Morgan fingerprint density at radius 3 is 2.77 bits per heavy atom. The number of carbonyl (C=O) groups is 1. The minimum absolute atomic E-state index is 0.0138. The van der Waals surface area contributed by atoms with Crippen LogP contribution in [-0.4, -0.2) is 27.5 Å². The lowest BCUT2D eigenvalue weighted by atomic mass is 10.2. The molecule has 0 unspecified atom stereocenters. The van der Waals surface area contributed by atoms with E-state index in [-0.39, 0.29) is 11.7 Å². The van der Waals surface area contributed by atoms with Gasteiger partial charge in [0.25, 0.3) is 5.91 Å². The van der Waals surface area contributed by atoms with Gasteiger partial charge in [0.2, 0.25) is 0 Å². The number of aromatic nitrogens is 2. The molecule has 0 atom stereocenters. The van der Waals surface area contributed by atoms with E-state index in [1.54, 1.807) is 55.0 Å². The van der Waals surface area contributed by atoms with Gasteiger partial charge in [-0.25, -0.2) is 4.98 Å². The second-order valence-corrected chi connectivity index (χ2v) is 4.79. The van der Waals surface area contributed by atoms with Crippen molar-refractivity contribution >= 4 is 17.2 Å². The molecule has 0 spiro atoms. The Balaban J connectivity index is 2.05. The molecule has 1 amide bonds. The fraction of sp³-hybridized carbons (Fsp3) is 0.125. The number of amides is 1. The van der Waals surface area contributed by atoms with Gasteiger partial charge in [0.05, 0.1) is 18.5 Å². The van der Waals surface area contributed by atoms with E-state index < -0.39 is 0 Å². The third-order valence-corrected chi connectivity index (χ3v) is 3.38. The number of nitrogens with one attached hydrogen (secondary N) is 1. The number of aromatic hydroxyl groups is 1. The number of nitrogens with zero attached hydrogens (tertiary/aromatic N) is 2. The predicted octanol–water partition coefficient (Wildman–Crippen LogP) is 2.61. The number of hydrogen-bond donors (Lipinski definition) is 2. The monoisotopic (exact) mass is 297 g/mol. The highest BCUT2D eigenvalue weighted by molar-refractivity contribution is 6.05. The number of phenolic OH excluding ortho intramolecular Hbond substituents is 1. The van der Waals surface area contributed by atoms with Crippen molar-refractivity contribution in [1.82, 2.24) is 9.38 Å². The molecule has 6 heteroatoms. The van der Waals surface area contributed by atoms with Crippen LogP contribution >= 0.6 is 0 Å². The highest BCUT2D eigenvalue weighted by Crippen LogP contribution is 2.25. The number of phenols is 1. The third kappa shape index (κ3) is 2.24. The lowest BCUT2D eigenvalue weighted by Crippen LogP contribution is -2.15. The maximum atomic E-state index is 12.5. The van der Waals surface area contributed by atoms with Gasteiger partial charge in [-0.1, -0.05) is 12.1 Å². The number of benzene rings is 1. The molecular weight excluding hydrogens is 282 g/mol. The summed E-state index contributed by atoms with van der Waals surface area (Å²) in [6.45, 7) is 1.76. The van der Waals surface area contributed by atoms with Crippen molar-refractivity contribution in [3.8, 4) is 11.5 Å². The van der Waals surface area contributed by atoms with Gasteiger partial charge >= 0.3 is 0 Å². The summed E-state index contributed by atoms with van der Waals surface area (Å²) in [4.78, 5) is 16.9. The molecule has 0 bridgehead atoms. The molecule has 3 aromatic rings. The minimum Gasteiger partial charge on any atom is -0.506 e. The molecule has 0 radical (unpaired) electrons. The van der Waals surface area contributed by atoms with Crippen LogP contribution in [0.4, 0.5) is 5.69 Å². The first-order valence-corrected chi connectivity index (χ1v) is 6.73. The number of carbonyl (C=O) groups excluding carboxylic acids is 1. The first-order valence-electron chi connectivity index (χ1n) is 6.73. The van der Waals surface area contributed by atoms with Crippen LogP contribution in [0, 0.1) is 6.92 Å². The first-order chi connectivity index (χ1) is 10.6. The van der Waals surface area contributed by atoms with Crippen LogP contribution in [0.25, 0.3) is 5.65 Å². The van der Waals surface area contributed by atoms with Crippen LogP contribution in [0.2, 0.25) is 0 Å². The lowest BCUT2D eigenvalue weighted by molar-refractivity contribution is 0.102. The van der Waals surface area contributed by atoms with E-state index in [1.807, 2.05) is 0 Å². The van der Waals surface area contributed by atoms with E-state index in [9.17, 15) is 9.90 Å². The maximum Gasteiger partial charge on any atom is 0.274 e. The average Bonchev–Trinajstić information content (AvgIpc) is 2.85. The van der Waals surface area contributed by atoms with E-state index in [0.717, 1.165) is 0 Å². The SMILES string of the molecule is COc1cccn2c(C(=O)Nc3ccccc3O)c(C)nc12. The summed E-state index contributed by atoms with van der Waals surface area (Å²) in [7, 11) is 1.56. The Labute approximate surface area is 127 Å². The third-order valence-electron chi connectivity index (χ3n) is 3.38. The molecule has 6 nitrogen and oxygen atoms in total. The van der Waals surface area contributed by atoms with Gasteiger partial charge in [-0.3, -0.25) is 9.20 Å². The van der Waals surface area contributed by atoms with Crippen molar-refractivity contribution in [2.24, 2.45) is 0 Å². The molecule has 22 heavy (non-hydrogen) atoms. The molecule has 0 saturated carbocycles. The topological polar surface area (TPSA) is 75.9 Å². The van der Waals surface area contributed by atoms with Gasteiger partial charge in [-0.05, 0) is 31.2 Å². The number of para-hydroxylation sites is 2. The highest BCUT2D eigenvalue weighted by Gasteiger charge is 2.19. The molecule has 0 fully saturated rings. The van der Waals surface area contributed by atoms with Crippen LogP contribution in [0.15, 0.2) is 42.6 Å². The Morgan fingerprint density at radius 1 is 1.27 bits per heavy atom. The van der Waals surface area contributed by atoms with Gasteiger partial charge < -0.3 is 15.2 Å². The van der Waals surface area contributed by atoms with E-state index in [4.69, 9.17) is 4.74 Å². The number of methoxy groups -OCH3 is 1. The zero-order chi connectivity index (χ0) is 15.7. The largest absolute Gasteiger partial charge is 0.506 e. The molecule has 0 saturated heterocycles. The van der Waals surface area contributed by atoms with Crippen molar-refractivity contribution in [2.45, 2.75) is 6.92 Å². The number of fused-ring (bicyclic) bond motifs is 1. The standard InChI is InChI=1S/C16H15N3O3/c1-10-14(16(21)18-11-6-3-4-7-12(11)20)19-9-5-8-13(22-2)15(19)17-10/h3-9,20H,1-2H3,(H,18,21). The molecule has 3 rings (SSSR count). The van der Waals surface area contributed by atoms with Crippen molar-refractivity contribution in [3.05, 3.63) is 54.0 Å². The second-order valence-electron chi connectivity index (χ2n) is 4.79. The van der Waals surface area contributed by atoms with Crippen LogP contribution in [0.5, 0.6) is 11.5 Å². The summed E-state index contributed by atoms with van der Waals surface area (Å²) in [5, 5.41) is 12.5. The molecule has 2 aromatic heterocycles. The average molecular weight is 297 g/mol. The second kappa shape index (κ2) is 5.40. The Bertz CT molecular complexity index is 855. The summed E-state index contributed by atoms with van der Waals surface area (Å²) in [6.07, 6.45) is 1.75. The van der Waals surface area contributed by atoms with Crippen molar-refractivity contribution in [1.29, 1.82) is 0 Å². The van der Waals surface area contributed by atoms with Crippen LogP contribution in [-0.2, 0) is 0 Å². The number of ether oxygens (including phenoxy) is 1. The molecular formula is C16H15N3O3. The molecule has 0 aliphatic carbocycles. The van der Waals surface area contributed by atoms with Crippen LogP contribution in [0.1, 0.15) is 16.2 Å². The fourth-order valence-corrected chi connectivity index (χ4v) is 2.35. The van der Waals surface area contributed by atoms with Crippen molar-refractivity contribution < 1.29 is 14.6 Å². The summed E-state index contributed by atoms with van der Waals surface area (Å²) >= 11 is 0. The normalized spacial score (nSPS) is 10.6. The zero-order valence-corrected chi connectivity index (χ0v) is 12.2. The number of aryl methyl sites for hydroxylation is 1. The number of rotatable bonds is 3. The van der Waals surface area contributed by atoms with Crippen molar-refractivity contribution in [2.75, 3.05) is 12.4 Å². The minimum atomic E-state index is -0.347. The molecule has 2 N–H and O–H groups in total. The quantitative estimate of drug-likeness (QED) is 0.729. The Morgan fingerprint density at radius 2 is 2.05 bits per heavy atom. The van der Waals surface area contributed by atoms with Gasteiger partial charge in [0.15, 0.2) is 11.4 Å². The number of anilines is 1. The predicted molar refractivity (Wildman–Crippen MR) is 82.5 cm³/mol. The van der Waals surface area contributed by atoms with Crippen LogP contribution < -0.4 is 10.1 Å². The first kappa shape index (κ1) is 13.9. The highest BCUT2D eigenvalue weighted by atomic mass is 16.5. The van der Waals surface area contributed by atoms with Gasteiger partial charge in [-0.15, -0.1) is 0 Å². The molecule has 1 aromatic carbocycles. The summed E-state index contributed by atoms with van der Waals surface area (Å²) in [5.41, 5.74) is 1.91. The van der Waals surface area contributed by atoms with Crippen LogP contribution in [0.3, 0.4) is 0 Å². The lowest BCUT2D eigenvalue weighted by Gasteiger charge is -2.08. The smallest absolute Gasteiger partial charge is 0.274 e. The zero-order valence-electron chi connectivity index (χ0n) is 12.2. The van der Waals surface area contributed by atoms with Gasteiger partial charge in [0, 0.05) is 6.20 Å². The van der Waals surface area contributed by atoms with Gasteiger partial charge in [-0.2, -0.15) is 0 Å². The van der Waals surface area contributed by atoms with E-state index in [2.05, 4.69) is 10.3 Å². The van der Waals surface area contributed by atoms with E-state index in [1.165, 1.54) is 6.07 Å². The summed E-state index contributed by atoms with van der Waals surface area (Å²) in [6, 6.07) is 10.1. The number of imidazole rings is 1. The molecule has 112 valence electrons. The number of hydrogen-bond acceptors (Lipinski definition) is 4. The van der Waals surface area contributed by atoms with E-state index >= 15 is 0 Å². The maximum absolute atomic E-state index is 12.5. The molecule has 0 aliphatic rings. The molecule has 2 heterocycles. The Hall–Kier alpha value is -3.02. The summed E-state index contributed by atoms with van der Waals surface area (Å²) in [5.74, 6) is 0.256.